The van der Waals surface area contributed by atoms with Gasteiger partial charge in [-0.15, -0.1) is 0 Å². The highest BCUT2D eigenvalue weighted by Crippen LogP contribution is 2.34. The second-order valence-corrected chi connectivity index (χ2v) is 10.4. The van der Waals surface area contributed by atoms with Crippen molar-refractivity contribution in [3.8, 4) is 5.75 Å². The van der Waals surface area contributed by atoms with E-state index in [-0.39, 0.29) is 17.2 Å². The van der Waals surface area contributed by atoms with Crippen molar-refractivity contribution < 1.29 is 14.6 Å². The molecule has 1 aliphatic carbocycles. The van der Waals surface area contributed by atoms with E-state index in [1.165, 1.54) is 24.2 Å². The number of halogens is 3. The van der Waals surface area contributed by atoms with E-state index in [0.29, 0.717) is 31.8 Å². The van der Waals surface area contributed by atoms with Crippen LogP contribution in [0.15, 0.2) is 49.2 Å². The molecule has 1 saturated carbocycles. The van der Waals surface area contributed by atoms with Gasteiger partial charge >= 0.3 is 5.97 Å². The summed E-state index contributed by atoms with van der Waals surface area (Å²) in [5.41, 5.74) is 0.791. The molecule has 0 aliphatic heterocycles. The fourth-order valence-electron chi connectivity index (χ4n) is 4.05. The number of rotatable bonds is 6. The number of carboxylic acids is 1. The van der Waals surface area contributed by atoms with E-state index in [9.17, 15) is 14.7 Å². The van der Waals surface area contributed by atoms with Crippen molar-refractivity contribution >= 4 is 66.5 Å². The summed E-state index contributed by atoms with van der Waals surface area (Å²) in [4.78, 5) is 29.7. The molecule has 0 amide bonds. The van der Waals surface area contributed by atoms with Crippen molar-refractivity contribution in [2.24, 2.45) is 5.10 Å². The molecular weight excluding hydrogens is 590 g/mol. The molecule has 7 nitrogen and oxygen atoms in total. The third-order valence-electron chi connectivity index (χ3n) is 5.80. The Hall–Kier alpha value is -2.23. The number of carbonyl (C=O) groups is 1. The molecule has 2 aromatic carbocycles. The number of benzene rings is 2. The van der Waals surface area contributed by atoms with Crippen LogP contribution in [0.4, 0.5) is 0 Å². The van der Waals surface area contributed by atoms with Gasteiger partial charge < -0.3 is 9.84 Å². The maximum Gasteiger partial charge on any atom is 0.344 e. The number of aliphatic carboxylic acids is 1. The molecule has 10 heteroatoms. The maximum absolute atomic E-state index is 13.5. The predicted octanol–water partition coefficient (Wildman–Crippen LogP) is 6.36. The van der Waals surface area contributed by atoms with Crippen LogP contribution in [0.5, 0.6) is 5.75 Å². The van der Waals surface area contributed by atoms with Crippen molar-refractivity contribution in [2.45, 2.75) is 51.0 Å². The minimum atomic E-state index is -1.11. The van der Waals surface area contributed by atoms with E-state index in [0.717, 1.165) is 30.2 Å². The summed E-state index contributed by atoms with van der Waals surface area (Å²) in [5.74, 6) is -0.0876. The molecule has 1 atom stereocenters. The first kappa shape index (κ1) is 24.9. The molecule has 1 aliphatic rings. The lowest BCUT2D eigenvalue weighted by Gasteiger charge is -2.23. The highest BCUT2D eigenvalue weighted by Gasteiger charge is 2.23. The first-order valence-corrected chi connectivity index (χ1v) is 12.9. The zero-order chi connectivity index (χ0) is 24.4. The Balaban J connectivity index is 1.86. The lowest BCUT2D eigenvalue weighted by molar-refractivity contribution is -0.144. The number of fused-ring (bicyclic) bond motifs is 1. The standard InChI is InChI=1S/C24H22Br2ClN3O4/c1-13(24(32)33)34-21-15(9-17(27)11-19(21)26)12-28-30-22(14-5-3-2-4-6-14)29-20-8-7-16(25)10-18(20)23(30)31/h7-14H,2-6H2,1H3,(H,32,33)/t13-/m0/s1. The van der Waals surface area contributed by atoms with Crippen molar-refractivity contribution in [3.05, 3.63) is 66.0 Å². The Morgan fingerprint density at radius 1 is 1.26 bits per heavy atom. The summed E-state index contributed by atoms with van der Waals surface area (Å²) in [6.45, 7) is 1.43. The lowest BCUT2D eigenvalue weighted by Crippen LogP contribution is -2.25. The summed E-state index contributed by atoms with van der Waals surface area (Å²) in [6, 6.07) is 8.65. The third kappa shape index (κ3) is 5.37. The highest BCUT2D eigenvalue weighted by molar-refractivity contribution is 9.10. The van der Waals surface area contributed by atoms with Crippen LogP contribution in [-0.2, 0) is 4.79 Å². The van der Waals surface area contributed by atoms with Gasteiger partial charge in [0.1, 0.15) is 11.6 Å². The average Bonchev–Trinajstić information content (AvgIpc) is 2.81. The van der Waals surface area contributed by atoms with E-state index in [1.54, 1.807) is 18.2 Å². The number of nitrogens with zero attached hydrogens (tertiary/aromatic N) is 3. The first-order chi connectivity index (χ1) is 16.2. The monoisotopic (exact) mass is 609 g/mol. The maximum atomic E-state index is 13.5. The van der Waals surface area contributed by atoms with Gasteiger partial charge in [-0.25, -0.2) is 9.78 Å². The Kier molecular flexibility index (Phi) is 7.74. The largest absolute Gasteiger partial charge is 0.479 e. The van der Waals surface area contributed by atoms with E-state index >= 15 is 0 Å². The molecule has 34 heavy (non-hydrogen) atoms. The SMILES string of the molecule is C[C@H](Oc1c(Br)cc(Cl)cc1C=Nn1c(C2CCCCC2)nc2ccc(Br)cc2c1=O)C(=O)O. The van der Waals surface area contributed by atoms with Crippen molar-refractivity contribution in [3.63, 3.8) is 0 Å². The number of carboxylic acid groups (broad SMARTS) is 1. The zero-order valence-electron chi connectivity index (χ0n) is 18.3. The van der Waals surface area contributed by atoms with Crippen LogP contribution >= 0.6 is 43.5 Å². The summed E-state index contributed by atoms with van der Waals surface area (Å²) < 4.78 is 8.25. The molecule has 0 bridgehead atoms. The third-order valence-corrected chi connectivity index (χ3v) is 7.10. The number of hydrogen-bond acceptors (Lipinski definition) is 5. The van der Waals surface area contributed by atoms with Crippen LogP contribution in [0.25, 0.3) is 10.9 Å². The van der Waals surface area contributed by atoms with Gasteiger partial charge in [-0.3, -0.25) is 4.79 Å². The second-order valence-electron chi connectivity index (χ2n) is 8.23. The Bertz CT molecular complexity index is 1340. The van der Waals surface area contributed by atoms with Gasteiger partial charge in [0.25, 0.3) is 5.56 Å². The van der Waals surface area contributed by atoms with E-state index in [1.807, 2.05) is 12.1 Å². The lowest BCUT2D eigenvalue weighted by atomic mass is 9.88. The van der Waals surface area contributed by atoms with Crippen molar-refractivity contribution in [1.29, 1.82) is 0 Å². The van der Waals surface area contributed by atoms with Gasteiger partial charge in [0, 0.05) is 21.0 Å². The van der Waals surface area contributed by atoms with Gasteiger partial charge in [0.05, 0.1) is 21.6 Å². The predicted molar refractivity (Wildman–Crippen MR) is 139 cm³/mol. The fraction of sp³-hybridized carbons (Fsp3) is 0.333. The molecule has 0 spiro atoms. The summed E-state index contributed by atoms with van der Waals surface area (Å²) in [5, 5.41) is 14.7. The minimum Gasteiger partial charge on any atom is -0.479 e. The van der Waals surface area contributed by atoms with Crippen molar-refractivity contribution in [1.82, 2.24) is 9.66 Å². The van der Waals surface area contributed by atoms with Crippen LogP contribution < -0.4 is 10.3 Å². The molecular formula is C24H22Br2ClN3O4. The van der Waals surface area contributed by atoms with E-state index in [4.69, 9.17) is 21.3 Å². The van der Waals surface area contributed by atoms with E-state index in [2.05, 4.69) is 37.0 Å². The second kappa shape index (κ2) is 10.6. The molecule has 1 N–H and O–H groups in total. The van der Waals surface area contributed by atoms with Gasteiger partial charge in [0.2, 0.25) is 0 Å². The zero-order valence-corrected chi connectivity index (χ0v) is 22.2. The summed E-state index contributed by atoms with van der Waals surface area (Å²) in [7, 11) is 0. The average molecular weight is 612 g/mol. The fourth-order valence-corrected chi connectivity index (χ4v) is 5.34. The van der Waals surface area contributed by atoms with Crippen LogP contribution in [0.2, 0.25) is 5.02 Å². The molecule has 178 valence electrons. The van der Waals surface area contributed by atoms with Crippen LogP contribution in [0.3, 0.4) is 0 Å². The number of ether oxygens (including phenoxy) is 1. The summed E-state index contributed by atoms with van der Waals surface area (Å²) >= 11 is 13.0. The normalized spacial score (nSPS) is 15.6. The Morgan fingerprint density at radius 2 is 2.00 bits per heavy atom. The molecule has 0 unspecified atom stereocenters. The smallest absolute Gasteiger partial charge is 0.344 e. The van der Waals surface area contributed by atoms with Gasteiger partial charge in [-0.2, -0.15) is 9.78 Å². The van der Waals surface area contributed by atoms with Gasteiger partial charge in [-0.05, 0) is 66.0 Å². The molecule has 0 radical (unpaired) electrons. The first-order valence-electron chi connectivity index (χ1n) is 10.9. The molecule has 1 aromatic heterocycles. The number of hydrogen-bond donors (Lipinski definition) is 1. The van der Waals surface area contributed by atoms with Crippen LogP contribution in [-0.4, -0.2) is 33.1 Å². The topological polar surface area (TPSA) is 93.8 Å². The number of aromatic nitrogens is 2. The van der Waals surface area contributed by atoms with Gasteiger partial charge in [0.15, 0.2) is 6.10 Å². The Morgan fingerprint density at radius 3 is 2.71 bits per heavy atom. The molecule has 0 saturated heterocycles. The van der Waals surface area contributed by atoms with Crippen LogP contribution in [0, 0.1) is 0 Å². The molecule has 3 aromatic rings. The molecule has 1 heterocycles. The quantitative estimate of drug-likeness (QED) is 0.328. The summed E-state index contributed by atoms with van der Waals surface area (Å²) in [6.07, 6.45) is 5.58. The van der Waals surface area contributed by atoms with E-state index < -0.39 is 12.1 Å². The highest BCUT2D eigenvalue weighted by atomic mass is 79.9. The van der Waals surface area contributed by atoms with Gasteiger partial charge in [-0.1, -0.05) is 46.8 Å². The van der Waals surface area contributed by atoms with Crippen molar-refractivity contribution in [2.75, 3.05) is 0 Å². The van der Waals surface area contributed by atoms with Crippen LogP contribution in [0.1, 0.15) is 56.3 Å². The minimum absolute atomic E-state index is 0.125. The molecule has 4 rings (SSSR count). The molecule has 1 fully saturated rings. The Labute approximate surface area is 218 Å².